The van der Waals surface area contributed by atoms with E-state index in [-0.39, 0.29) is 12.3 Å². The molecule has 3 nitrogen and oxygen atoms in total. The smallest absolute Gasteiger partial charge is 0.236 e. The van der Waals surface area contributed by atoms with Crippen LogP contribution in [0.15, 0.2) is 18.3 Å². The van der Waals surface area contributed by atoms with Gasteiger partial charge in [0.1, 0.15) is 0 Å². The molecule has 0 bridgehead atoms. The quantitative estimate of drug-likeness (QED) is 0.545. The minimum Gasteiger partial charge on any atom is -0.324 e. The maximum absolute atomic E-state index is 12.3. The summed E-state index contributed by atoms with van der Waals surface area (Å²) in [7, 11) is 0. The number of carbonyl (C=O) groups excluding carboxylic acids is 1. The van der Waals surface area contributed by atoms with Gasteiger partial charge in [0.25, 0.3) is 0 Å². The Balaban J connectivity index is 2.60. The highest BCUT2D eigenvalue weighted by atomic mass is 19.1. The number of hydrogen-bond acceptors (Lipinski definition) is 2. The van der Waals surface area contributed by atoms with Gasteiger partial charge >= 0.3 is 0 Å². The van der Waals surface area contributed by atoms with E-state index in [9.17, 15) is 9.18 Å². The third-order valence-corrected chi connectivity index (χ3v) is 1.27. The van der Waals surface area contributed by atoms with Crippen molar-refractivity contribution < 1.29 is 9.18 Å². The molecular weight excluding hydrogens is 171 g/mol. The average molecular weight is 178 g/mol. The number of pyridine rings is 1. The second-order valence-electron chi connectivity index (χ2n) is 2.30. The van der Waals surface area contributed by atoms with Crippen molar-refractivity contribution in [1.29, 1.82) is 0 Å². The molecule has 0 saturated carbocycles. The van der Waals surface area contributed by atoms with Gasteiger partial charge in [0, 0.05) is 0 Å². The summed E-state index contributed by atoms with van der Waals surface area (Å²) >= 11 is 0. The number of rotatable bonds is 2. The number of amides is 1. The van der Waals surface area contributed by atoms with E-state index in [0.29, 0.717) is 5.69 Å². The summed E-state index contributed by atoms with van der Waals surface area (Å²) in [5.41, 5.74) is 0.432. The molecule has 0 atom stereocenters. The minimum atomic E-state index is -0.588. The first kappa shape index (κ1) is 9.20. The van der Waals surface area contributed by atoms with E-state index in [0.717, 1.165) is 6.07 Å². The van der Waals surface area contributed by atoms with E-state index in [1.54, 1.807) is 0 Å². The average Bonchev–Trinajstić information content (AvgIpc) is 2.09. The molecule has 0 aromatic carbocycles. The van der Waals surface area contributed by atoms with Crippen molar-refractivity contribution in [3.05, 3.63) is 24.3 Å². The Labute approximate surface area is 75.0 Å². The monoisotopic (exact) mass is 178 g/mol. The fraction of sp³-hybridized carbons (Fsp3) is 0.111. The molecule has 0 spiro atoms. The Morgan fingerprint density at radius 1 is 1.69 bits per heavy atom. The van der Waals surface area contributed by atoms with Gasteiger partial charge in [-0.25, -0.2) is 4.98 Å². The zero-order valence-electron chi connectivity index (χ0n) is 6.75. The lowest BCUT2D eigenvalue weighted by atomic mass is 10.3. The first-order valence-electron chi connectivity index (χ1n) is 3.57. The number of nitrogens with zero attached hydrogens (tertiary/aromatic N) is 1. The predicted molar refractivity (Wildman–Crippen MR) is 46.3 cm³/mol. The predicted octanol–water partition coefficient (Wildman–Crippen LogP) is 1.18. The molecule has 1 amide bonds. The normalized spacial score (nSPS) is 8.92. The van der Waals surface area contributed by atoms with Gasteiger partial charge in [-0.2, -0.15) is 4.39 Å². The molecule has 1 rings (SSSR count). The number of halogens is 1. The first-order chi connectivity index (χ1) is 6.22. The molecule has 0 saturated heterocycles. The lowest BCUT2D eigenvalue weighted by Gasteiger charge is -2.00. The molecular formula is C9H7FN2O. The molecule has 66 valence electrons. The minimum absolute atomic E-state index is 0.00260. The van der Waals surface area contributed by atoms with Crippen LogP contribution in [0.1, 0.15) is 6.42 Å². The van der Waals surface area contributed by atoms with E-state index in [1.165, 1.54) is 12.3 Å². The van der Waals surface area contributed by atoms with Crippen molar-refractivity contribution in [2.24, 2.45) is 0 Å². The van der Waals surface area contributed by atoms with Crippen LogP contribution in [-0.2, 0) is 4.79 Å². The zero-order valence-corrected chi connectivity index (χ0v) is 6.75. The van der Waals surface area contributed by atoms with Gasteiger partial charge in [-0.3, -0.25) is 4.79 Å². The maximum Gasteiger partial charge on any atom is 0.236 e. The van der Waals surface area contributed by atoms with Gasteiger partial charge in [0.2, 0.25) is 11.9 Å². The van der Waals surface area contributed by atoms with Crippen molar-refractivity contribution in [1.82, 2.24) is 4.98 Å². The lowest BCUT2D eigenvalue weighted by molar-refractivity contribution is -0.115. The molecule has 0 aliphatic carbocycles. The van der Waals surface area contributed by atoms with Crippen molar-refractivity contribution in [3.8, 4) is 12.3 Å². The number of aromatic nitrogens is 1. The molecule has 0 fully saturated rings. The Morgan fingerprint density at radius 2 is 2.46 bits per heavy atom. The molecule has 0 aliphatic heterocycles. The molecule has 0 radical (unpaired) electrons. The van der Waals surface area contributed by atoms with Crippen LogP contribution < -0.4 is 5.32 Å². The number of anilines is 1. The Kier molecular flexibility index (Phi) is 2.98. The second-order valence-corrected chi connectivity index (χ2v) is 2.30. The lowest BCUT2D eigenvalue weighted by Crippen LogP contribution is -2.10. The molecule has 13 heavy (non-hydrogen) atoms. The van der Waals surface area contributed by atoms with E-state index in [2.05, 4.69) is 16.2 Å². The van der Waals surface area contributed by atoms with Crippen LogP contribution in [-0.4, -0.2) is 10.9 Å². The molecule has 1 aromatic rings. The number of hydrogen-bond donors (Lipinski definition) is 1. The highest BCUT2D eigenvalue weighted by Crippen LogP contribution is 2.04. The molecule has 1 aromatic heterocycles. The number of terminal acetylenes is 1. The standard InChI is InChI=1S/C9H7FN2O/c1-2-3-9(13)12-7-4-5-8(10)11-6-7/h1,4-6H,3H2,(H,12,13). The van der Waals surface area contributed by atoms with Crippen molar-refractivity contribution >= 4 is 11.6 Å². The van der Waals surface area contributed by atoms with E-state index in [4.69, 9.17) is 6.42 Å². The summed E-state index contributed by atoms with van der Waals surface area (Å²) in [5.74, 6) is 1.30. The van der Waals surface area contributed by atoms with Crippen LogP contribution in [0.2, 0.25) is 0 Å². The van der Waals surface area contributed by atoms with E-state index in [1.807, 2.05) is 0 Å². The Bertz CT molecular complexity index is 340. The largest absolute Gasteiger partial charge is 0.324 e. The summed E-state index contributed by atoms with van der Waals surface area (Å²) in [6, 6.07) is 2.57. The number of carbonyl (C=O) groups is 1. The summed E-state index contributed by atoms with van der Waals surface area (Å²) in [5, 5.41) is 2.46. The summed E-state index contributed by atoms with van der Waals surface area (Å²) in [4.78, 5) is 14.3. The molecule has 0 unspecified atom stereocenters. The molecule has 0 aliphatic rings. The Hall–Kier alpha value is -1.89. The van der Waals surface area contributed by atoms with Crippen LogP contribution in [0.25, 0.3) is 0 Å². The van der Waals surface area contributed by atoms with Gasteiger partial charge in [0.15, 0.2) is 0 Å². The fourth-order valence-electron chi connectivity index (χ4n) is 0.748. The van der Waals surface area contributed by atoms with Crippen LogP contribution in [0.4, 0.5) is 10.1 Å². The first-order valence-corrected chi connectivity index (χ1v) is 3.57. The van der Waals surface area contributed by atoms with Crippen LogP contribution >= 0.6 is 0 Å². The van der Waals surface area contributed by atoms with Crippen molar-refractivity contribution in [3.63, 3.8) is 0 Å². The van der Waals surface area contributed by atoms with Gasteiger partial charge in [-0.05, 0) is 12.1 Å². The molecule has 1 heterocycles. The molecule has 1 N–H and O–H groups in total. The van der Waals surface area contributed by atoms with E-state index >= 15 is 0 Å². The fourth-order valence-corrected chi connectivity index (χ4v) is 0.748. The van der Waals surface area contributed by atoms with Crippen LogP contribution in [0, 0.1) is 18.3 Å². The van der Waals surface area contributed by atoms with Gasteiger partial charge in [-0.15, -0.1) is 6.42 Å². The summed E-state index contributed by atoms with van der Waals surface area (Å²) in [6.07, 6.45) is 6.14. The van der Waals surface area contributed by atoms with Crippen molar-refractivity contribution in [2.75, 3.05) is 5.32 Å². The second kappa shape index (κ2) is 4.21. The van der Waals surface area contributed by atoms with Crippen LogP contribution in [0.3, 0.4) is 0 Å². The van der Waals surface area contributed by atoms with E-state index < -0.39 is 5.95 Å². The van der Waals surface area contributed by atoms with Crippen molar-refractivity contribution in [2.45, 2.75) is 6.42 Å². The summed E-state index contributed by atoms with van der Waals surface area (Å²) < 4.78 is 12.3. The van der Waals surface area contributed by atoms with Gasteiger partial charge in [-0.1, -0.05) is 5.92 Å². The topological polar surface area (TPSA) is 42.0 Å². The highest BCUT2D eigenvalue weighted by Gasteiger charge is 1.99. The van der Waals surface area contributed by atoms with Gasteiger partial charge in [0.05, 0.1) is 18.3 Å². The maximum atomic E-state index is 12.3. The SMILES string of the molecule is C#CCC(=O)Nc1ccc(F)nc1. The Morgan fingerprint density at radius 3 is 3.00 bits per heavy atom. The summed E-state index contributed by atoms with van der Waals surface area (Å²) in [6.45, 7) is 0. The molecule has 4 heteroatoms. The highest BCUT2D eigenvalue weighted by molar-refractivity contribution is 5.91. The van der Waals surface area contributed by atoms with Crippen LogP contribution in [0.5, 0.6) is 0 Å². The van der Waals surface area contributed by atoms with Gasteiger partial charge < -0.3 is 5.32 Å². The third-order valence-electron chi connectivity index (χ3n) is 1.27. The zero-order chi connectivity index (χ0) is 9.68. The third kappa shape index (κ3) is 2.91. The number of nitrogens with one attached hydrogen (secondary N) is 1.